The second-order valence-electron chi connectivity index (χ2n) is 5.90. The Hall–Kier alpha value is -3.20. The van der Waals surface area contributed by atoms with Crippen LogP contribution in [0.5, 0.6) is 0 Å². The van der Waals surface area contributed by atoms with E-state index >= 15 is 0 Å². The molecule has 0 aliphatic carbocycles. The van der Waals surface area contributed by atoms with E-state index in [0.29, 0.717) is 24.6 Å². The highest BCUT2D eigenvalue weighted by molar-refractivity contribution is 6.53. The van der Waals surface area contributed by atoms with E-state index in [-0.39, 0.29) is 0 Å². The van der Waals surface area contributed by atoms with Crippen molar-refractivity contribution in [1.82, 2.24) is 5.01 Å². The van der Waals surface area contributed by atoms with Crippen molar-refractivity contribution in [1.29, 1.82) is 0 Å². The molecule has 6 heteroatoms. The summed E-state index contributed by atoms with van der Waals surface area (Å²) in [6.45, 7) is 4.63. The Morgan fingerprint density at radius 1 is 1.39 bits per heavy atom. The maximum atomic E-state index is 12.3. The van der Waals surface area contributed by atoms with E-state index in [4.69, 9.17) is 15.9 Å². The smallest absolute Gasteiger partial charge is 0.360 e. The van der Waals surface area contributed by atoms with Crippen molar-refractivity contribution < 1.29 is 14.3 Å². The van der Waals surface area contributed by atoms with Crippen LogP contribution in [0.1, 0.15) is 25.8 Å². The molecule has 0 aromatic heterocycles. The Balaban J connectivity index is 0.000000640. The molecule has 0 saturated heterocycles. The molecule has 28 heavy (non-hydrogen) atoms. The molecule has 2 aliphatic heterocycles. The number of esters is 1. The normalized spacial score (nSPS) is 14.9. The van der Waals surface area contributed by atoms with E-state index in [1.165, 1.54) is 7.11 Å². The Kier molecular flexibility index (Phi) is 8.17. The average Bonchev–Trinajstić information content (AvgIpc) is 3.20. The van der Waals surface area contributed by atoms with Crippen molar-refractivity contribution in [2.45, 2.75) is 26.9 Å². The highest BCUT2D eigenvalue weighted by Gasteiger charge is 2.33. The number of carbonyl (C=O) groups is 1. The fourth-order valence-electron chi connectivity index (χ4n) is 2.71. The summed E-state index contributed by atoms with van der Waals surface area (Å²) in [6, 6.07) is 9.83. The molecule has 5 nitrogen and oxygen atoms in total. The molecule has 1 aromatic carbocycles. The molecule has 2 aliphatic rings. The minimum Gasteiger partial charge on any atom is -0.486 e. The number of nitrogens with zero attached hydrogens (tertiary/aromatic N) is 2. The van der Waals surface area contributed by atoms with Gasteiger partial charge in [-0.05, 0) is 12.5 Å². The van der Waals surface area contributed by atoms with E-state index in [1.807, 2.05) is 56.6 Å². The molecule has 0 N–H and O–H groups in total. The van der Waals surface area contributed by atoms with E-state index in [0.717, 1.165) is 23.0 Å². The van der Waals surface area contributed by atoms with Gasteiger partial charge in [-0.2, -0.15) is 5.10 Å². The molecule has 0 unspecified atom stereocenters. The van der Waals surface area contributed by atoms with Gasteiger partial charge >= 0.3 is 5.97 Å². The zero-order valence-electron chi connectivity index (χ0n) is 16.5. The van der Waals surface area contributed by atoms with Crippen molar-refractivity contribution in [3.8, 4) is 12.3 Å². The van der Waals surface area contributed by atoms with Crippen LogP contribution in [0.3, 0.4) is 0 Å². The van der Waals surface area contributed by atoms with Crippen LogP contribution in [-0.4, -0.2) is 38.1 Å². The van der Waals surface area contributed by atoms with Gasteiger partial charge < -0.3 is 9.47 Å². The summed E-state index contributed by atoms with van der Waals surface area (Å²) in [5.74, 6) is 4.42. The van der Waals surface area contributed by atoms with Crippen molar-refractivity contribution >= 4 is 19.5 Å². The van der Waals surface area contributed by atoms with E-state index in [9.17, 15) is 4.79 Å². The lowest BCUT2D eigenvalue weighted by atomic mass is 9.71. The summed E-state index contributed by atoms with van der Waals surface area (Å²) < 4.78 is 11.0. The van der Waals surface area contributed by atoms with Crippen LogP contribution in [0.25, 0.3) is 0 Å². The Bertz CT molecular complexity index is 848. The topological polar surface area (TPSA) is 51.1 Å². The SMILES string of the molecule is C#CCC.C/C=N\N1CC2=C(C=C[B]2)C(OCc2ccccc2)=C1C(=O)OC. The molecule has 0 atom stereocenters. The van der Waals surface area contributed by atoms with Crippen molar-refractivity contribution in [3.05, 3.63) is 70.4 Å². The predicted octanol–water partition coefficient (Wildman–Crippen LogP) is 3.42. The number of carbonyl (C=O) groups excluding carboxylic acids is 1. The third-order valence-electron chi connectivity index (χ3n) is 4.01. The molecule has 0 saturated carbocycles. The van der Waals surface area contributed by atoms with Gasteiger partial charge in [0.15, 0.2) is 18.7 Å². The molecule has 0 amide bonds. The third-order valence-corrected chi connectivity index (χ3v) is 4.01. The summed E-state index contributed by atoms with van der Waals surface area (Å²) in [6.07, 6.45) is 9.22. The first-order valence-corrected chi connectivity index (χ1v) is 9.10. The Morgan fingerprint density at radius 3 is 2.71 bits per heavy atom. The first-order valence-electron chi connectivity index (χ1n) is 9.10. The zero-order valence-corrected chi connectivity index (χ0v) is 16.5. The van der Waals surface area contributed by atoms with Gasteiger partial charge in [-0.1, -0.05) is 48.8 Å². The van der Waals surface area contributed by atoms with Crippen LogP contribution in [0.2, 0.25) is 0 Å². The van der Waals surface area contributed by atoms with Gasteiger partial charge in [0.25, 0.3) is 0 Å². The minimum atomic E-state index is -0.462. The predicted molar refractivity (Wildman–Crippen MR) is 112 cm³/mol. The molecule has 0 spiro atoms. The molecule has 0 bridgehead atoms. The van der Waals surface area contributed by atoms with Crippen molar-refractivity contribution in [3.63, 3.8) is 0 Å². The number of hydrogen-bond donors (Lipinski definition) is 0. The van der Waals surface area contributed by atoms with Gasteiger partial charge in [0.05, 0.1) is 13.7 Å². The second kappa shape index (κ2) is 10.8. The number of rotatable bonds is 5. The summed E-state index contributed by atoms with van der Waals surface area (Å²) in [7, 11) is 3.37. The number of methoxy groups -OCH3 is 1. The van der Waals surface area contributed by atoms with Gasteiger partial charge in [-0.3, -0.25) is 5.01 Å². The number of hydrogen-bond acceptors (Lipinski definition) is 5. The molecule has 0 fully saturated rings. The molecule has 3 rings (SSSR count). The summed E-state index contributed by atoms with van der Waals surface area (Å²) in [4.78, 5) is 12.3. The molecule has 1 radical (unpaired) electrons. The zero-order chi connectivity index (χ0) is 20.4. The first kappa shape index (κ1) is 21.1. The highest BCUT2D eigenvalue weighted by Crippen LogP contribution is 2.33. The van der Waals surface area contributed by atoms with Crippen LogP contribution in [0.4, 0.5) is 0 Å². The average molecular weight is 375 g/mol. The Labute approximate surface area is 167 Å². The molecule has 2 heterocycles. The van der Waals surface area contributed by atoms with Gasteiger partial charge in [-0.25, -0.2) is 4.79 Å². The maximum Gasteiger partial charge on any atom is 0.360 e. The fraction of sp³-hybridized carbons (Fsp3) is 0.273. The number of benzene rings is 1. The lowest BCUT2D eigenvalue weighted by Gasteiger charge is -2.29. The highest BCUT2D eigenvalue weighted by atomic mass is 16.5. The second-order valence-corrected chi connectivity index (χ2v) is 5.90. The maximum absolute atomic E-state index is 12.3. The largest absolute Gasteiger partial charge is 0.486 e. The Morgan fingerprint density at radius 2 is 2.11 bits per heavy atom. The lowest BCUT2D eigenvalue weighted by Crippen LogP contribution is -2.32. The third kappa shape index (κ3) is 5.17. The van der Waals surface area contributed by atoms with Crippen LogP contribution < -0.4 is 0 Å². The van der Waals surface area contributed by atoms with Crippen molar-refractivity contribution in [2.75, 3.05) is 13.7 Å². The van der Waals surface area contributed by atoms with E-state index in [1.54, 1.807) is 18.1 Å². The van der Waals surface area contributed by atoms with Gasteiger partial charge in [0.1, 0.15) is 6.61 Å². The van der Waals surface area contributed by atoms with E-state index < -0.39 is 5.97 Å². The summed E-state index contributed by atoms with van der Waals surface area (Å²) in [5.41, 5.74) is 3.33. The number of terminal acetylenes is 1. The summed E-state index contributed by atoms with van der Waals surface area (Å²) in [5, 5.41) is 5.91. The quantitative estimate of drug-likeness (QED) is 0.343. The van der Waals surface area contributed by atoms with Crippen LogP contribution in [-0.2, 0) is 20.9 Å². The molecule has 1 aromatic rings. The monoisotopic (exact) mass is 375 g/mol. The van der Waals surface area contributed by atoms with Crippen LogP contribution in [0.15, 0.2) is 70.0 Å². The van der Waals surface area contributed by atoms with Crippen LogP contribution in [0, 0.1) is 12.3 Å². The molecular formula is C22H24BN2O3. The van der Waals surface area contributed by atoms with E-state index in [2.05, 4.69) is 11.0 Å². The summed E-state index contributed by atoms with van der Waals surface area (Å²) >= 11 is 0. The van der Waals surface area contributed by atoms with Crippen LogP contribution >= 0.6 is 0 Å². The fourth-order valence-corrected chi connectivity index (χ4v) is 2.71. The van der Waals surface area contributed by atoms with Crippen molar-refractivity contribution in [2.24, 2.45) is 5.10 Å². The molecule has 143 valence electrons. The first-order chi connectivity index (χ1) is 13.7. The van der Waals surface area contributed by atoms with Gasteiger partial charge in [0, 0.05) is 18.2 Å². The number of allylic oxidation sites excluding steroid dienone is 1. The number of ether oxygens (including phenoxy) is 2. The van der Waals surface area contributed by atoms with Gasteiger partial charge in [0.2, 0.25) is 0 Å². The van der Waals surface area contributed by atoms with Gasteiger partial charge in [-0.15, -0.1) is 18.3 Å². The minimum absolute atomic E-state index is 0.324. The lowest BCUT2D eigenvalue weighted by molar-refractivity contribution is -0.138. The standard InChI is InChI=1S/C18H18BN2O3.C4H6/c1-3-20-21-11-15-14(9-10-19-15)17(16(21)18(22)23-2)24-12-13-7-5-4-6-8-13;1-3-4-2/h3-10H,11-12H2,1-2H3;1H,4H2,2H3/b20-3-;. The number of hydrazone groups is 1. The molecular weight excluding hydrogens is 351 g/mol.